The van der Waals surface area contributed by atoms with Crippen LogP contribution in [0.3, 0.4) is 0 Å². The molecule has 0 bridgehead atoms. The summed E-state index contributed by atoms with van der Waals surface area (Å²) >= 11 is 12.3. The molecule has 2 fully saturated rings. The van der Waals surface area contributed by atoms with Crippen molar-refractivity contribution < 1.29 is 36.3 Å². The second-order valence-electron chi connectivity index (χ2n) is 15.7. The zero-order valence-electron chi connectivity index (χ0n) is 36.7. The van der Waals surface area contributed by atoms with Gasteiger partial charge in [0.05, 0.1) is 35.2 Å². The van der Waals surface area contributed by atoms with Crippen LogP contribution in [0.25, 0.3) is 12.2 Å². The SMILES string of the molecule is CCOc1cc(/C=C/C(=O)N2CCN(Cc3ccc(F)cc3)C[C@H]2C)c(N)cc1Cl.CCOc1cc(/C=C/C(=O)N2CCN(Cc3ccc(F)cc3)C[C@H]2C)c(NS(C)(=O)=O)cc1Cl. The van der Waals surface area contributed by atoms with E-state index < -0.39 is 10.0 Å². The quantitative estimate of drug-likeness (QED) is 0.0947. The van der Waals surface area contributed by atoms with Gasteiger partial charge in [-0.05, 0) is 99.5 Å². The Morgan fingerprint density at radius 1 is 0.719 bits per heavy atom. The van der Waals surface area contributed by atoms with Crippen LogP contribution in [0.2, 0.25) is 10.0 Å². The highest BCUT2D eigenvalue weighted by atomic mass is 35.5. The topological polar surface area (TPSA) is 138 Å². The first-order chi connectivity index (χ1) is 30.4. The monoisotopic (exact) mass is 940 g/mol. The van der Waals surface area contributed by atoms with Crippen molar-refractivity contribution in [1.29, 1.82) is 0 Å². The van der Waals surface area contributed by atoms with Crippen LogP contribution < -0.4 is 19.9 Å². The Morgan fingerprint density at radius 3 is 1.56 bits per heavy atom. The Hall–Kier alpha value is -5.19. The van der Waals surface area contributed by atoms with Gasteiger partial charge in [0.2, 0.25) is 21.8 Å². The maximum atomic E-state index is 13.1. The molecule has 3 N–H and O–H groups in total. The van der Waals surface area contributed by atoms with Gasteiger partial charge in [-0.1, -0.05) is 47.5 Å². The standard InChI is InChI=1S/C24H29ClFN3O4S.C23H27ClFN3O2/c1-4-33-23-13-19(22(14-21(23)25)27-34(3,31)32)7-10-24(30)29-12-11-28(15-17(29)2)16-18-5-8-20(26)9-6-18;1-3-30-22-12-18(21(26)13-20(22)24)6-9-23(29)28-11-10-27(14-16(28)2)15-17-4-7-19(25)8-5-17/h5-10,13-14,17,27H,4,11-12,15-16H2,1-3H3;4-9,12-13,16H,3,10-11,14-15,26H2,1-2H3/b10-7+;9-6+/t17-;16-/m11/s1. The number of hydrogen-bond acceptors (Lipinski definition) is 9. The molecule has 2 amide bonds. The highest BCUT2D eigenvalue weighted by Gasteiger charge is 2.28. The molecule has 4 aromatic rings. The number of benzene rings is 4. The summed E-state index contributed by atoms with van der Waals surface area (Å²) in [7, 11) is -3.55. The highest BCUT2D eigenvalue weighted by Crippen LogP contribution is 2.33. The van der Waals surface area contributed by atoms with Gasteiger partial charge in [0.15, 0.2) is 0 Å². The number of anilines is 2. The molecule has 2 atom stereocenters. The molecule has 2 saturated heterocycles. The summed E-state index contributed by atoms with van der Waals surface area (Å²) in [4.78, 5) is 33.8. The molecular formula is C47H56Cl2F2N6O6S. The number of nitrogens with one attached hydrogen (secondary N) is 1. The summed E-state index contributed by atoms with van der Waals surface area (Å²) in [6.07, 6.45) is 7.28. The number of sulfonamides is 1. The van der Waals surface area contributed by atoms with Crippen LogP contribution in [0.5, 0.6) is 11.5 Å². The van der Waals surface area contributed by atoms with Crippen LogP contribution in [-0.4, -0.2) is 111 Å². The first-order valence-electron chi connectivity index (χ1n) is 21.0. The minimum Gasteiger partial charge on any atom is -0.492 e. The molecule has 0 unspecified atom stereocenters. The van der Waals surface area contributed by atoms with Crippen LogP contribution in [-0.2, 0) is 32.7 Å². The molecule has 12 nitrogen and oxygen atoms in total. The van der Waals surface area contributed by atoms with E-state index in [0.717, 1.165) is 37.0 Å². The molecule has 6 rings (SSSR count). The van der Waals surface area contributed by atoms with Gasteiger partial charge in [-0.25, -0.2) is 17.2 Å². The maximum absolute atomic E-state index is 13.1. The summed E-state index contributed by atoms with van der Waals surface area (Å²) in [6.45, 7) is 14.1. The number of hydrogen-bond donors (Lipinski definition) is 2. The maximum Gasteiger partial charge on any atom is 0.246 e. The zero-order chi connectivity index (χ0) is 46.6. The van der Waals surface area contributed by atoms with E-state index in [9.17, 15) is 26.8 Å². The second-order valence-corrected chi connectivity index (χ2v) is 18.2. The van der Waals surface area contributed by atoms with Crippen molar-refractivity contribution in [3.8, 4) is 11.5 Å². The number of nitrogens with two attached hydrogens (primary N) is 1. The Balaban J connectivity index is 0.000000243. The normalized spacial score (nSPS) is 17.3. The third-order valence-corrected chi connectivity index (χ3v) is 11.8. The Bertz CT molecular complexity index is 2410. The first kappa shape index (κ1) is 49.8. The summed E-state index contributed by atoms with van der Waals surface area (Å²) in [5, 5.41) is 0.714. The van der Waals surface area contributed by atoms with Crippen LogP contribution in [0.4, 0.5) is 20.2 Å². The Morgan fingerprint density at radius 2 is 1.14 bits per heavy atom. The number of nitrogens with zero attached hydrogens (tertiary/aromatic N) is 4. The molecule has 0 aliphatic carbocycles. The molecule has 4 aromatic carbocycles. The minimum absolute atomic E-state index is 0.0239. The molecule has 64 heavy (non-hydrogen) atoms. The number of halogens is 4. The first-order valence-corrected chi connectivity index (χ1v) is 23.6. The fraction of sp³-hybridized carbons (Fsp3) is 0.362. The number of carbonyl (C=O) groups is 2. The average molecular weight is 942 g/mol. The van der Waals surface area contributed by atoms with Crippen molar-refractivity contribution in [3.05, 3.63) is 129 Å². The minimum atomic E-state index is -3.55. The van der Waals surface area contributed by atoms with E-state index >= 15 is 0 Å². The van der Waals surface area contributed by atoms with E-state index in [1.165, 1.54) is 36.4 Å². The van der Waals surface area contributed by atoms with Gasteiger partial charge in [-0.15, -0.1) is 0 Å². The third-order valence-electron chi connectivity index (χ3n) is 10.6. The largest absolute Gasteiger partial charge is 0.492 e. The Labute approximate surface area is 385 Å². The summed E-state index contributed by atoms with van der Waals surface area (Å²) in [5.41, 5.74) is 10.0. The molecular weight excluding hydrogens is 886 g/mol. The second kappa shape index (κ2) is 23.1. The van der Waals surface area contributed by atoms with Gasteiger partial charge in [0, 0.05) is 93.4 Å². The number of rotatable bonds is 14. The summed E-state index contributed by atoms with van der Waals surface area (Å²) in [5.74, 6) is 0.219. The molecule has 2 aliphatic heterocycles. The van der Waals surface area contributed by atoms with E-state index in [-0.39, 0.29) is 46.2 Å². The number of carbonyl (C=O) groups excluding carboxylic acids is 2. The van der Waals surface area contributed by atoms with Gasteiger partial charge < -0.3 is 25.0 Å². The fourth-order valence-electron chi connectivity index (χ4n) is 7.47. The summed E-state index contributed by atoms with van der Waals surface area (Å²) < 4.78 is 63.2. The Kier molecular flexibility index (Phi) is 18.0. The molecule has 17 heteroatoms. The van der Waals surface area contributed by atoms with Crippen molar-refractivity contribution in [1.82, 2.24) is 19.6 Å². The van der Waals surface area contributed by atoms with Crippen molar-refractivity contribution in [2.45, 2.75) is 52.9 Å². The van der Waals surface area contributed by atoms with Crippen molar-refractivity contribution in [2.24, 2.45) is 0 Å². The fourth-order valence-corrected chi connectivity index (χ4v) is 8.50. The molecule has 0 radical (unpaired) electrons. The van der Waals surface area contributed by atoms with Gasteiger partial charge in [-0.3, -0.25) is 24.1 Å². The van der Waals surface area contributed by atoms with Crippen LogP contribution in [0, 0.1) is 11.6 Å². The van der Waals surface area contributed by atoms with Gasteiger partial charge >= 0.3 is 0 Å². The van der Waals surface area contributed by atoms with E-state index in [4.69, 9.17) is 38.4 Å². The molecule has 2 aliphatic rings. The van der Waals surface area contributed by atoms with E-state index in [1.807, 2.05) is 32.6 Å². The van der Waals surface area contributed by atoms with Crippen molar-refractivity contribution >= 4 is 68.6 Å². The highest BCUT2D eigenvalue weighted by molar-refractivity contribution is 7.92. The lowest BCUT2D eigenvalue weighted by Crippen LogP contribution is -2.53. The predicted molar refractivity (Wildman–Crippen MR) is 252 cm³/mol. The van der Waals surface area contributed by atoms with E-state index in [0.29, 0.717) is 79.3 Å². The lowest BCUT2D eigenvalue weighted by molar-refractivity contribution is -0.131. The molecule has 0 aromatic heterocycles. The van der Waals surface area contributed by atoms with Crippen LogP contribution in [0.15, 0.2) is 84.9 Å². The number of nitrogen functional groups attached to an aromatic ring is 1. The summed E-state index contributed by atoms with van der Waals surface area (Å²) in [6, 6.07) is 19.5. The van der Waals surface area contributed by atoms with Crippen molar-refractivity contribution in [3.63, 3.8) is 0 Å². The van der Waals surface area contributed by atoms with Crippen molar-refractivity contribution in [2.75, 3.05) is 69.2 Å². The lowest BCUT2D eigenvalue weighted by Gasteiger charge is -2.39. The van der Waals surface area contributed by atoms with Crippen LogP contribution in [0.1, 0.15) is 49.9 Å². The smallest absolute Gasteiger partial charge is 0.246 e. The number of amides is 2. The van der Waals surface area contributed by atoms with E-state index in [1.54, 1.807) is 65.6 Å². The third kappa shape index (κ3) is 14.7. The number of ether oxygens (including phenoxy) is 2. The van der Waals surface area contributed by atoms with Gasteiger partial charge in [0.25, 0.3) is 0 Å². The van der Waals surface area contributed by atoms with Gasteiger partial charge in [-0.2, -0.15) is 0 Å². The average Bonchev–Trinajstić information content (AvgIpc) is 3.23. The molecule has 0 saturated carbocycles. The molecule has 2 heterocycles. The molecule has 0 spiro atoms. The molecule has 344 valence electrons. The van der Waals surface area contributed by atoms with E-state index in [2.05, 4.69) is 14.5 Å². The predicted octanol–water partition coefficient (Wildman–Crippen LogP) is 8.20. The lowest BCUT2D eigenvalue weighted by atomic mass is 10.1. The number of piperazine rings is 2. The zero-order valence-corrected chi connectivity index (χ0v) is 39.0. The van der Waals surface area contributed by atoms with Crippen LogP contribution >= 0.6 is 23.2 Å². The van der Waals surface area contributed by atoms with Gasteiger partial charge in [0.1, 0.15) is 23.1 Å².